The van der Waals surface area contributed by atoms with Crippen LogP contribution in [0.15, 0.2) is 22.7 Å². The molecule has 2 rings (SSSR count). The molecule has 0 radical (unpaired) electrons. The maximum absolute atomic E-state index is 5.76. The minimum absolute atomic E-state index is 0.378. The van der Waals surface area contributed by atoms with Crippen LogP contribution in [0.1, 0.15) is 45.2 Å². The average Bonchev–Trinajstić information content (AvgIpc) is 2.48. The fraction of sp³-hybridized carbons (Fsp3) is 0.647. The van der Waals surface area contributed by atoms with Gasteiger partial charge < -0.3 is 15.0 Å². The van der Waals surface area contributed by atoms with Crippen LogP contribution in [0.5, 0.6) is 0 Å². The lowest BCUT2D eigenvalue weighted by Gasteiger charge is -2.35. The Bertz CT molecular complexity index is 444. The third kappa shape index (κ3) is 4.44. The van der Waals surface area contributed by atoms with E-state index in [0.29, 0.717) is 12.1 Å². The SMILES string of the molecule is CCNC(C)c1ccc(Br)cc1N1CCC(OCC)CC1. The van der Waals surface area contributed by atoms with Gasteiger partial charge in [-0.15, -0.1) is 0 Å². The second-order valence-electron chi connectivity index (χ2n) is 5.62. The monoisotopic (exact) mass is 354 g/mol. The van der Waals surface area contributed by atoms with Crippen molar-refractivity contribution in [2.75, 3.05) is 31.1 Å². The second kappa shape index (κ2) is 8.16. The van der Waals surface area contributed by atoms with Gasteiger partial charge in [-0.3, -0.25) is 0 Å². The van der Waals surface area contributed by atoms with Gasteiger partial charge in [0, 0.05) is 35.9 Å². The Labute approximate surface area is 137 Å². The zero-order valence-corrected chi connectivity index (χ0v) is 14.9. The van der Waals surface area contributed by atoms with Crippen molar-refractivity contribution in [1.82, 2.24) is 5.32 Å². The van der Waals surface area contributed by atoms with Gasteiger partial charge in [0.1, 0.15) is 0 Å². The molecule has 0 saturated carbocycles. The van der Waals surface area contributed by atoms with E-state index >= 15 is 0 Å². The first-order valence-corrected chi connectivity index (χ1v) is 8.84. The Morgan fingerprint density at radius 2 is 2.05 bits per heavy atom. The van der Waals surface area contributed by atoms with Crippen molar-refractivity contribution < 1.29 is 4.74 Å². The van der Waals surface area contributed by atoms with Crippen molar-refractivity contribution in [2.24, 2.45) is 0 Å². The molecule has 1 N–H and O–H groups in total. The number of halogens is 1. The fourth-order valence-corrected chi connectivity index (χ4v) is 3.42. The summed E-state index contributed by atoms with van der Waals surface area (Å²) in [6.45, 7) is 10.4. The quantitative estimate of drug-likeness (QED) is 0.831. The van der Waals surface area contributed by atoms with Crippen LogP contribution in [-0.4, -0.2) is 32.3 Å². The number of hydrogen-bond acceptors (Lipinski definition) is 3. The predicted molar refractivity (Wildman–Crippen MR) is 93.1 cm³/mol. The van der Waals surface area contributed by atoms with E-state index in [1.54, 1.807) is 0 Å². The van der Waals surface area contributed by atoms with Gasteiger partial charge >= 0.3 is 0 Å². The summed E-state index contributed by atoms with van der Waals surface area (Å²) in [6.07, 6.45) is 2.68. The molecular formula is C17H27BrN2O. The first-order valence-electron chi connectivity index (χ1n) is 8.05. The lowest BCUT2D eigenvalue weighted by atomic mass is 10.0. The van der Waals surface area contributed by atoms with Gasteiger partial charge in [0.25, 0.3) is 0 Å². The number of ether oxygens (including phenoxy) is 1. The van der Waals surface area contributed by atoms with Crippen LogP contribution < -0.4 is 10.2 Å². The van der Waals surface area contributed by atoms with E-state index in [0.717, 1.165) is 43.6 Å². The number of rotatable bonds is 6. The van der Waals surface area contributed by atoms with Crippen molar-refractivity contribution in [1.29, 1.82) is 0 Å². The highest BCUT2D eigenvalue weighted by Crippen LogP contribution is 2.32. The molecule has 1 fully saturated rings. The van der Waals surface area contributed by atoms with Crippen molar-refractivity contribution in [3.05, 3.63) is 28.2 Å². The molecule has 1 aliphatic rings. The molecule has 0 spiro atoms. The summed E-state index contributed by atoms with van der Waals surface area (Å²) in [5.74, 6) is 0. The van der Waals surface area contributed by atoms with Gasteiger partial charge in [0.05, 0.1) is 6.10 Å². The van der Waals surface area contributed by atoms with Gasteiger partial charge in [-0.2, -0.15) is 0 Å². The Balaban J connectivity index is 2.13. The predicted octanol–water partition coefficient (Wildman–Crippen LogP) is 4.12. The van der Waals surface area contributed by atoms with Gasteiger partial charge in [0.15, 0.2) is 0 Å². The smallest absolute Gasteiger partial charge is 0.0608 e. The van der Waals surface area contributed by atoms with Crippen LogP contribution in [-0.2, 0) is 4.74 Å². The number of nitrogens with zero attached hydrogens (tertiary/aromatic N) is 1. The van der Waals surface area contributed by atoms with E-state index in [4.69, 9.17) is 4.74 Å². The number of hydrogen-bond donors (Lipinski definition) is 1. The number of piperidine rings is 1. The van der Waals surface area contributed by atoms with E-state index in [1.807, 2.05) is 0 Å². The lowest BCUT2D eigenvalue weighted by Crippen LogP contribution is -2.38. The van der Waals surface area contributed by atoms with Gasteiger partial charge in [-0.25, -0.2) is 0 Å². The molecule has 21 heavy (non-hydrogen) atoms. The van der Waals surface area contributed by atoms with E-state index in [9.17, 15) is 0 Å². The topological polar surface area (TPSA) is 24.5 Å². The molecule has 118 valence electrons. The van der Waals surface area contributed by atoms with Crippen molar-refractivity contribution >= 4 is 21.6 Å². The molecule has 0 aromatic heterocycles. The molecule has 0 amide bonds. The summed E-state index contributed by atoms with van der Waals surface area (Å²) in [6, 6.07) is 7.01. The largest absolute Gasteiger partial charge is 0.378 e. The first-order chi connectivity index (χ1) is 10.2. The molecule has 1 atom stereocenters. The molecule has 1 aliphatic heterocycles. The van der Waals surface area contributed by atoms with E-state index in [2.05, 4.69) is 65.1 Å². The van der Waals surface area contributed by atoms with Crippen molar-refractivity contribution in [3.8, 4) is 0 Å². The zero-order valence-electron chi connectivity index (χ0n) is 13.4. The molecular weight excluding hydrogens is 328 g/mol. The van der Waals surface area contributed by atoms with Crippen molar-refractivity contribution in [3.63, 3.8) is 0 Å². The van der Waals surface area contributed by atoms with Gasteiger partial charge in [0.2, 0.25) is 0 Å². The summed E-state index contributed by atoms with van der Waals surface area (Å²) in [7, 11) is 0. The lowest BCUT2D eigenvalue weighted by molar-refractivity contribution is 0.0459. The maximum atomic E-state index is 5.76. The minimum atomic E-state index is 0.378. The molecule has 4 heteroatoms. The highest BCUT2D eigenvalue weighted by Gasteiger charge is 2.22. The van der Waals surface area contributed by atoms with E-state index in [1.165, 1.54) is 11.3 Å². The third-order valence-corrected chi connectivity index (χ3v) is 4.65. The highest BCUT2D eigenvalue weighted by atomic mass is 79.9. The Morgan fingerprint density at radius 1 is 1.33 bits per heavy atom. The minimum Gasteiger partial charge on any atom is -0.378 e. The van der Waals surface area contributed by atoms with Crippen LogP contribution in [0.25, 0.3) is 0 Å². The van der Waals surface area contributed by atoms with Crippen LogP contribution >= 0.6 is 15.9 Å². The fourth-order valence-electron chi connectivity index (χ4n) is 3.07. The molecule has 1 heterocycles. The second-order valence-corrected chi connectivity index (χ2v) is 6.54. The highest BCUT2D eigenvalue weighted by molar-refractivity contribution is 9.10. The molecule has 1 aromatic rings. The van der Waals surface area contributed by atoms with Crippen LogP contribution in [0, 0.1) is 0 Å². The van der Waals surface area contributed by atoms with Crippen molar-refractivity contribution in [2.45, 2.75) is 45.8 Å². The molecule has 3 nitrogen and oxygen atoms in total. The van der Waals surface area contributed by atoms with Gasteiger partial charge in [-0.05, 0) is 50.9 Å². The third-order valence-electron chi connectivity index (χ3n) is 4.15. The molecule has 1 unspecified atom stereocenters. The normalized spacial score (nSPS) is 18.0. The van der Waals surface area contributed by atoms with E-state index in [-0.39, 0.29) is 0 Å². The summed E-state index contributed by atoms with van der Waals surface area (Å²) >= 11 is 3.62. The molecule has 1 saturated heterocycles. The number of anilines is 1. The molecule has 0 bridgehead atoms. The Hall–Kier alpha value is -0.580. The Kier molecular flexibility index (Phi) is 6.52. The van der Waals surface area contributed by atoms with Crippen LogP contribution in [0.4, 0.5) is 5.69 Å². The standard InChI is InChI=1S/C17H27BrN2O/c1-4-19-13(3)16-7-6-14(18)12-17(16)20-10-8-15(9-11-20)21-5-2/h6-7,12-13,15,19H,4-5,8-11H2,1-3H3. The molecule has 1 aromatic carbocycles. The summed E-state index contributed by atoms with van der Waals surface area (Å²) < 4.78 is 6.91. The first kappa shape index (κ1) is 16.8. The Morgan fingerprint density at radius 3 is 2.67 bits per heavy atom. The summed E-state index contributed by atoms with van der Waals surface area (Å²) in [5.41, 5.74) is 2.74. The van der Waals surface area contributed by atoms with E-state index < -0.39 is 0 Å². The van der Waals surface area contributed by atoms with Gasteiger partial charge in [-0.1, -0.05) is 28.9 Å². The number of benzene rings is 1. The maximum Gasteiger partial charge on any atom is 0.0608 e. The summed E-state index contributed by atoms with van der Waals surface area (Å²) in [4.78, 5) is 2.50. The summed E-state index contributed by atoms with van der Waals surface area (Å²) in [5, 5.41) is 3.52. The zero-order chi connectivity index (χ0) is 15.2. The number of nitrogens with one attached hydrogen (secondary N) is 1. The average molecular weight is 355 g/mol. The molecule has 0 aliphatic carbocycles. The van der Waals surface area contributed by atoms with Crippen LogP contribution in [0.2, 0.25) is 0 Å². The van der Waals surface area contributed by atoms with Crippen LogP contribution in [0.3, 0.4) is 0 Å².